The molecule has 4 heteroatoms. The Morgan fingerprint density at radius 2 is 1.67 bits per heavy atom. The van der Waals surface area contributed by atoms with Crippen molar-refractivity contribution in [3.63, 3.8) is 0 Å². The Labute approximate surface area is 90.3 Å². The summed E-state index contributed by atoms with van der Waals surface area (Å²) in [6, 6.07) is 0. The average Bonchev–Trinajstić information content (AvgIpc) is 2.54. The minimum Gasteiger partial charge on any atom is -0.320 e. The fourth-order valence-corrected chi connectivity index (χ4v) is 1.58. The lowest BCUT2D eigenvalue weighted by Crippen LogP contribution is -2.30. The molecule has 0 aromatic carbocycles. The first-order valence-electron chi connectivity index (χ1n) is 5.44. The minimum absolute atomic E-state index is 0.171. The van der Waals surface area contributed by atoms with Crippen molar-refractivity contribution < 1.29 is 9.59 Å². The molecule has 0 spiro atoms. The van der Waals surface area contributed by atoms with Crippen LogP contribution in [0.15, 0.2) is 12.2 Å². The van der Waals surface area contributed by atoms with Crippen LogP contribution in [0.5, 0.6) is 0 Å². The summed E-state index contributed by atoms with van der Waals surface area (Å²) in [5.41, 5.74) is 0. The van der Waals surface area contributed by atoms with Crippen molar-refractivity contribution in [3.8, 4) is 0 Å². The van der Waals surface area contributed by atoms with E-state index in [1.807, 2.05) is 7.05 Å². The highest BCUT2D eigenvalue weighted by atomic mass is 16.2. The molecule has 0 fully saturated rings. The van der Waals surface area contributed by atoms with E-state index in [0.29, 0.717) is 6.54 Å². The molecule has 1 aliphatic rings. The van der Waals surface area contributed by atoms with Crippen LogP contribution in [0.4, 0.5) is 0 Å². The van der Waals surface area contributed by atoms with Crippen molar-refractivity contribution in [1.29, 1.82) is 0 Å². The summed E-state index contributed by atoms with van der Waals surface area (Å²) in [6.45, 7) is 1.59. The van der Waals surface area contributed by atoms with Crippen LogP contribution in [0.2, 0.25) is 0 Å². The molecule has 0 radical (unpaired) electrons. The maximum atomic E-state index is 11.2. The zero-order valence-electron chi connectivity index (χ0n) is 9.16. The number of hydrogen-bond donors (Lipinski definition) is 1. The SMILES string of the molecule is CNCCCCCCN1C(=O)C=CC1=O. The lowest BCUT2D eigenvalue weighted by atomic mass is 10.2. The molecule has 0 aromatic rings. The lowest BCUT2D eigenvalue weighted by Gasteiger charge is -2.12. The fourth-order valence-electron chi connectivity index (χ4n) is 1.58. The topological polar surface area (TPSA) is 49.4 Å². The summed E-state index contributed by atoms with van der Waals surface area (Å²) in [5.74, 6) is -0.342. The quantitative estimate of drug-likeness (QED) is 0.497. The number of nitrogens with zero attached hydrogens (tertiary/aromatic N) is 1. The van der Waals surface area contributed by atoms with Crippen molar-refractivity contribution in [2.24, 2.45) is 0 Å². The summed E-state index contributed by atoms with van der Waals surface area (Å²) in [6.07, 6.45) is 6.94. The Morgan fingerprint density at radius 3 is 2.27 bits per heavy atom. The van der Waals surface area contributed by atoms with Crippen molar-refractivity contribution >= 4 is 11.8 Å². The van der Waals surface area contributed by atoms with Crippen molar-refractivity contribution in [3.05, 3.63) is 12.2 Å². The first-order valence-corrected chi connectivity index (χ1v) is 5.44. The van der Waals surface area contributed by atoms with Crippen LogP contribution in [0.1, 0.15) is 25.7 Å². The van der Waals surface area contributed by atoms with Crippen molar-refractivity contribution in [2.75, 3.05) is 20.1 Å². The number of nitrogens with one attached hydrogen (secondary N) is 1. The summed E-state index contributed by atoms with van der Waals surface area (Å²) < 4.78 is 0. The van der Waals surface area contributed by atoms with Gasteiger partial charge in [-0.25, -0.2) is 0 Å². The third kappa shape index (κ3) is 3.83. The Hall–Kier alpha value is -1.16. The van der Waals surface area contributed by atoms with E-state index in [-0.39, 0.29) is 11.8 Å². The predicted octanol–water partition coefficient (Wildman–Crippen LogP) is 0.691. The van der Waals surface area contributed by atoms with Gasteiger partial charge < -0.3 is 5.32 Å². The zero-order chi connectivity index (χ0) is 11.1. The molecular formula is C11H18N2O2. The molecule has 0 atom stereocenters. The first-order chi connectivity index (χ1) is 7.25. The van der Waals surface area contributed by atoms with Gasteiger partial charge in [0.15, 0.2) is 0 Å². The Kier molecular flexibility index (Phi) is 5.04. The molecule has 0 saturated carbocycles. The molecule has 1 rings (SSSR count). The number of rotatable bonds is 7. The van der Waals surface area contributed by atoms with Gasteiger partial charge in [0.1, 0.15) is 0 Å². The number of unbranched alkanes of at least 4 members (excludes halogenated alkanes) is 3. The molecule has 0 saturated heterocycles. The molecule has 84 valence electrons. The Bertz CT molecular complexity index is 243. The van der Waals surface area contributed by atoms with E-state index < -0.39 is 0 Å². The zero-order valence-corrected chi connectivity index (χ0v) is 9.16. The largest absolute Gasteiger partial charge is 0.320 e. The molecular weight excluding hydrogens is 192 g/mol. The monoisotopic (exact) mass is 210 g/mol. The van der Waals surface area contributed by atoms with Gasteiger partial charge in [0.05, 0.1) is 0 Å². The molecule has 2 amide bonds. The standard InChI is InChI=1S/C11H18N2O2/c1-12-8-4-2-3-5-9-13-10(14)6-7-11(13)15/h6-7,12H,2-5,8-9H2,1H3. The summed E-state index contributed by atoms with van der Waals surface area (Å²) in [5, 5.41) is 3.09. The van der Waals surface area contributed by atoms with Gasteiger partial charge in [-0.1, -0.05) is 12.8 Å². The van der Waals surface area contributed by atoms with E-state index >= 15 is 0 Å². The summed E-state index contributed by atoms with van der Waals surface area (Å²) >= 11 is 0. The number of carbonyl (C=O) groups excluding carboxylic acids is 2. The average molecular weight is 210 g/mol. The van der Waals surface area contributed by atoms with E-state index in [0.717, 1.165) is 32.2 Å². The summed E-state index contributed by atoms with van der Waals surface area (Å²) in [7, 11) is 1.94. The van der Waals surface area contributed by atoms with Gasteiger partial charge in [-0.15, -0.1) is 0 Å². The maximum absolute atomic E-state index is 11.2. The van der Waals surface area contributed by atoms with Gasteiger partial charge in [0.25, 0.3) is 11.8 Å². The number of hydrogen-bond acceptors (Lipinski definition) is 3. The van der Waals surface area contributed by atoms with Gasteiger partial charge in [-0.3, -0.25) is 14.5 Å². The lowest BCUT2D eigenvalue weighted by molar-refractivity contribution is -0.136. The normalized spacial score (nSPS) is 15.4. The van der Waals surface area contributed by atoms with Crippen molar-refractivity contribution in [2.45, 2.75) is 25.7 Å². The highest BCUT2D eigenvalue weighted by Crippen LogP contribution is 2.07. The van der Waals surface area contributed by atoms with E-state index in [1.54, 1.807) is 0 Å². The Balaban J connectivity index is 2.05. The highest BCUT2D eigenvalue weighted by molar-refractivity contribution is 6.12. The molecule has 0 unspecified atom stereocenters. The van der Waals surface area contributed by atoms with E-state index in [2.05, 4.69) is 5.32 Å². The van der Waals surface area contributed by atoms with Crippen LogP contribution in [-0.2, 0) is 9.59 Å². The van der Waals surface area contributed by atoms with Crippen molar-refractivity contribution in [1.82, 2.24) is 10.2 Å². The van der Waals surface area contributed by atoms with Gasteiger partial charge in [0.2, 0.25) is 0 Å². The van der Waals surface area contributed by atoms with E-state index in [1.165, 1.54) is 17.1 Å². The minimum atomic E-state index is -0.171. The van der Waals surface area contributed by atoms with Gasteiger partial charge >= 0.3 is 0 Å². The fraction of sp³-hybridized carbons (Fsp3) is 0.636. The molecule has 4 nitrogen and oxygen atoms in total. The first kappa shape index (κ1) is 11.9. The van der Waals surface area contributed by atoms with Crippen LogP contribution < -0.4 is 5.32 Å². The molecule has 0 bridgehead atoms. The number of amides is 2. The van der Waals surface area contributed by atoms with Gasteiger partial charge in [-0.05, 0) is 26.4 Å². The number of imide groups is 1. The highest BCUT2D eigenvalue weighted by Gasteiger charge is 2.21. The molecule has 15 heavy (non-hydrogen) atoms. The van der Waals surface area contributed by atoms with Crippen LogP contribution in [0, 0.1) is 0 Å². The smallest absolute Gasteiger partial charge is 0.253 e. The van der Waals surface area contributed by atoms with Crippen LogP contribution in [-0.4, -0.2) is 36.9 Å². The molecule has 0 aromatic heterocycles. The second-order valence-electron chi connectivity index (χ2n) is 3.68. The van der Waals surface area contributed by atoms with Crippen LogP contribution >= 0.6 is 0 Å². The van der Waals surface area contributed by atoms with Crippen LogP contribution in [0.3, 0.4) is 0 Å². The maximum Gasteiger partial charge on any atom is 0.253 e. The number of carbonyl (C=O) groups is 2. The molecule has 1 aliphatic heterocycles. The second kappa shape index (κ2) is 6.35. The molecule has 1 N–H and O–H groups in total. The third-order valence-corrected chi connectivity index (χ3v) is 2.46. The third-order valence-electron chi connectivity index (χ3n) is 2.46. The van der Waals surface area contributed by atoms with Gasteiger partial charge in [0, 0.05) is 18.7 Å². The Morgan fingerprint density at radius 1 is 1.07 bits per heavy atom. The molecule has 0 aliphatic carbocycles. The summed E-state index contributed by atoms with van der Waals surface area (Å²) in [4.78, 5) is 23.6. The van der Waals surface area contributed by atoms with Gasteiger partial charge in [-0.2, -0.15) is 0 Å². The predicted molar refractivity (Wildman–Crippen MR) is 58.3 cm³/mol. The van der Waals surface area contributed by atoms with E-state index in [4.69, 9.17) is 0 Å². The van der Waals surface area contributed by atoms with E-state index in [9.17, 15) is 9.59 Å². The molecule has 1 heterocycles. The van der Waals surface area contributed by atoms with Crippen LogP contribution in [0.25, 0.3) is 0 Å². The second-order valence-corrected chi connectivity index (χ2v) is 3.68.